The van der Waals surface area contributed by atoms with Gasteiger partial charge in [-0.3, -0.25) is 0 Å². The van der Waals surface area contributed by atoms with Crippen molar-refractivity contribution in [1.29, 1.82) is 0 Å². The topological polar surface area (TPSA) is 18.5 Å². The maximum Gasteiger partial charge on any atom is 0.573 e. The van der Waals surface area contributed by atoms with Gasteiger partial charge in [-0.2, -0.15) is 0 Å². The molecule has 0 aliphatic carbocycles. The van der Waals surface area contributed by atoms with E-state index in [9.17, 15) is 13.2 Å². The van der Waals surface area contributed by atoms with Crippen LogP contribution in [0.5, 0.6) is 11.5 Å². The van der Waals surface area contributed by atoms with Gasteiger partial charge in [-0.25, -0.2) is 0 Å². The first-order valence-electron chi connectivity index (χ1n) is 3.55. The lowest BCUT2D eigenvalue weighted by Crippen LogP contribution is -2.17. The fourth-order valence-electron chi connectivity index (χ4n) is 0.867. The quantitative estimate of drug-likeness (QED) is 0.778. The lowest BCUT2D eigenvalue weighted by molar-refractivity contribution is -0.274. The molecule has 0 bridgehead atoms. The van der Waals surface area contributed by atoms with Crippen LogP contribution >= 0.6 is 12.6 Å². The predicted octanol–water partition coefficient (Wildman–Crippen LogP) is 2.88. The van der Waals surface area contributed by atoms with Crippen LogP contribution in [0, 0.1) is 0 Å². The molecule has 0 saturated heterocycles. The van der Waals surface area contributed by atoms with Gasteiger partial charge in [-0.15, -0.1) is 25.8 Å². The first-order valence-corrected chi connectivity index (χ1v) is 4.00. The second kappa shape index (κ2) is 4.00. The molecule has 0 radical (unpaired) electrons. The molecule has 0 aromatic heterocycles. The van der Waals surface area contributed by atoms with E-state index in [1.165, 1.54) is 13.2 Å². The number of hydrogen-bond acceptors (Lipinski definition) is 3. The molecular weight excluding hydrogens is 217 g/mol. The molecule has 1 rings (SSSR count). The Hall–Kier alpha value is -1.04. The van der Waals surface area contributed by atoms with Gasteiger partial charge in [-0.05, 0) is 18.2 Å². The molecule has 0 aliphatic heterocycles. The summed E-state index contributed by atoms with van der Waals surface area (Å²) in [5, 5.41) is 0. The molecule has 14 heavy (non-hydrogen) atoms. The fraction of sp³-hybridized carbons (Fsp3) is 0.250. The summed E-state index contributed by atoms with van der Waals surface area (Å²) in [5.74, 6) is 0.0751. The van der Waals surface area contributed by atoms with Crippen LogP contribution in [-0.2, 0) is 0 Å². The Balaban J connectivity index is 2.87. The number of ether oxygens (including phenoxy) is 2. The van der Waals surface area contributed by atoms with E-state index < -0.39 is 6.36 Å². The van der Waals surface area contributed by atoms with Crippen molar-refractivity contribution < 1.29 is 22.6 Å². The molecule has 78 valence electrons. The summed E-state index contributed by atoms with van der Waals surface area (Å²) in [4.78, 5) is 0.286. The molecule has 0 unspecified atom stereocenters. The third-order valence-corrected chi connectivity index (χ3v) is 1.73. The summed E-state index contributed by atoms with van der Waals surface area (Å²) >= 11 is 3.92. The van der Waals surface area contributed by atoms with Crippen molar-refractivity contribution in [3.05, 3.63) is 18.2 Å². The van der Waals surface area contributed by atoms with Crippen molar-refractivity contribution in [3.63, 3.8) is 0 Å². The molecule has 6 heteroatoms. The largest absolute Gasteiger partial charge is 0.573 e. The Morgan fingerprint density at radius 1 is 1.29 bits per heavy atom. The Labute approximate surface area is 84.0 Å². The minimum absolute atomic E-state index is 0.286. The smallest absolute Gasteiger partial charge is 0.496 e. The minimum atomic E-state index is -4.69. The predicted molar refractivity (Wildman–Crippen MR) is 46.9 cm³/mol. The van der Waals surface area contributed by atoms with Crippen LogP contribution in [0.25, 0.3) is 0 Å². The Bertz CT molecular complexity index is 325. The zero-order chi connectivity index (χ0) is 10.8. The van der Waals surface area contributed by atoms with E-state index in [2.05, 4.69) is 17.4 Å². The van der Waals surface area contributed by atoms with Gasteiger partial charge in [0.25, 0.3) is 0 Å². The fourth-order valence-corrected chi connectivity index (χ4v) is 1.16. The molecule has 0 spiro atoms. The first-order chi connectivity index (χ1) is 6.42. The van der Waals surface area contributed by atoms with E-state index in [0.717, 1.165) is 12.1 Å². The van der Waals surface area contributed by atoms with Crippen LogP contribution in [0.4, 0.5) is 13.2 Å². The zero-order valence-corrected chi connectivity index (χ0v) is 8.02. The first kappa shape index (κ1) is 11.0. The minimum Gasteiger partial charge on any atom is -0.496 e. The van der Waals surface area contributed by atoms with E-state index in [-0.39, 0.29) is 10.6 Å². The average molecular weight is 224 g/mol. The molecule has 1 aromatic carbocycles. The van der Waals surface area contributed by atoms with Crippen molar-refractivity contribution in [2.45, 2.75) is 11.3 Å². The summed E-state index contributed by atoms with van der Waals surface area (Å²) in [5.41, 5.74) is 0. The maximum atomic E-state index is 11.8. The van der Waals surface area contributed by atoms with Crippen molar-refractivity contribution in [1.82, 2.24) is 0 Å². The summed E-state index contributed by atoms with van der Waals surface area (Å²) < 4.78 is 43.8. The number of halogens is 3. The summed E-state index contributed by atoms with van der Waals surface area (Å²) in [7, 11) is 1.40. The zero-order valence-electron chi connectivity index (χ0n) is 7.13. The van der Waals surface area contributed by atoms with Crippen LogP contribution in [0.2, 0.25) is 0 Å². The van der Waals surface area contributed by atoms with Crippen molar-refractivity contribution in [3.8, 4) is 11.5 Å². The Morgan fingerprint density at radius 2 is 1.93 bits per heavy atom. The molecule has 0 atom stereocenters. The lowest BCUT2D eigenvalue weighted by atomic mass is 10.3. The van der Waals surface area contributed by atoms with Crippen LogP contribution in [0.3, 0.4) is 0 Å². The van der Waals surface area contributed by atoms with E-state index in [4.69, 9.17) is 4.74 Å². The molecule has 0 N–H and O–H groups in total. The van der Waals surface area contributed by atoms with E-state index in [0.29, 0.717) is 5.75 Å². The van der Waals surface area contributed by atoms with Gasteiger partial charge in [0.1, 0.15) is 11.5 Å². The summed E-state index contributed by atoms with van der Waals surface area (Å²) in [6.45, 7) is 0. The SMILES string of the molecule is COc1ccc(OC(F)(F)F)cc1S. The van der Waals surface area contributed by atoms with Gasteiger partial charge in [0.05, 0.1) is 7.11 Å². The molecule has 1 aromatic rings. The van der Waals surface area contributed by atoms with E-state index in [1.54, 1.807) is 0 Å². The molecular formula is C8H7F3O2S. The monoisotopic (exact) mass is 224 g/mol. The van der Waals surface area contributed by atoms with Gasteiger partial charge < -0.3 is 9.47 Å². The molecule has 0 saturated carbocycles. The number of benzene rings is 1. The molecule has 0 amide bonds. The number of rotatable bonds is 2. The molecule has 0 fully saturated rings. The van der Waals surface area contributed by atoms with Crippen LogP contribution in [-0.4, -0.2) is 13.5 Å². The van der Waals surface area contributed by atoms with Gasteiger partial charge >= 0.3 is 6.36 Å². The van der Waals surface area contributed by atoms with Gasteiger partial charge in [0, 0.05) is 4.90 Å². The van der Waals surface area contributed by atoms with E-state index in [1.807, 2.05) is 0 Å². The van der Waals surface area contributed by atoms with Gasteiger partial charge in [0.2, 0.25) is 0 Å². The summed E-state index contributed by atoms with van der Waals surface area (Å²) in [6, 6.07) is 3.64. The molecule has 0 heterocycles. The number of hydrogen-bond donors (Lipinski definition) is 1. The number of methoxy groups -OCH3 is 1. The molecule has 0 aliphatic rings. The number of thiol groups is 1. The number of alkyl halides is 3. The third-order valence-electron chi connectivity index (χ3n) is 1.38. The normalized spacial score (nSPS) is 11.2. The highest BCUT2D eigenvalue weighted by Gasteiger charge is 2.31. The van der Waals surface area contributed by atoms with Crippen LogP contribution < -0.4 is 9.47 Å². The average Bonchev–Trinajstić information content (AvgIpc) is 2.01. The standard InChI is InChI=1S/C8H7F3O2S/c1-12-6-3-2-5(4-7(6)14)13-8(9,10)11/h2-4,14H,1H3. The highest BCUT2D eigenvalue weighted by Crippen LogP contribution is 2.30. The summed E-state index contributed by atoms with van der Waals surface area (Å²) in [6.07, 6.45) is -4.69. The van der Waals surface area contributed by atoms with Gasteiger partial charge in [-0.1, -0.05) is 0 Å². The maximum absolute atomic E-state index is 11.8. The highest BCUT2D eigenvalue weighted by atomic mass is 32.1. The Morgan fingerprint density at radius 3 is 2.36 bits per heavy atom. The van der Waals surface area contributed by atoms with Crippen molar-refractivity contribution in [2.24, 2.45) is 0 Å². The van der Waals surface area contributed by atoms with Crippen LogP contribution in [0.1, 0.15) is 0 Å². The van der Waals surface area contributed by atoms with Crippen LogP contribution in [0.15, 0.2) is 23.1 Å². The van der Waals surface area contributed by atoms with Gasteiger partial charge in [0.15, 0.2) is 0 Å². The highest BCUT2D eigenvalue weighted by molar-refractivity contribution is 7.80. The second-order valence-corrected chi connectivity index (χ2v) is 2.86. The third kappa shape index (κ3) is 3.02. The van der Waals surface area contributed by atoms with Crippen molar-refractivity contribution >= 4 is 12.6 Å². The second-order valence-electron chi connectivity index (χ2n) is 2.38. The molecule has 2 nitrogen and oxygen atoms in total. The Kier molecular flexibility index (Phi) is 3.15. The van der Waals surface area contributed by atoms with E-state index >= 15 is 0 Å². The lowest BCUT2D eigenvalue weighted by Gasteiger charge is -2.10. The van der Waals surface area contributed by atoms with Crippen molar-refractivity contribution in [2.75, 3.05) is 7.11 Å².